The lowest BCUT2D eigenvalue weighted by molar-refractivity contribution is -0.143. The highest BCUT2D eigenvalue weighted by molar-refractivity contribution is 6.24. The van der Waals surface area contributed by atoms with E-state index >= 15 is 0 Å². The summed E-state index contributed by atoms with van der Waals surface area (Å²) < 4.78 is 5.36. The molecule has 7 rings (SSSR count). The predicted octanol–water partition coefficient (Wildman–Crippen LogP) is 4.60. The summed E-state index contributed by atoms with van der Waals surface area (Å²) in [5, 5.41) is 10.4. The van der Waals surface area contributed by atoms with Gasteiger partial charge in [-0.05, 0) is 54.3 Å². The van der Waals surface area contributed by atoms with Crippen LogP contribution in [0.2, 0.25) is 0 Å². The molecule has 3 aliphatic rings. The van der Waals surface area contributed by atoms with Gasteiger partial charge in [0.2, 0.25) is 0 Å². The van der Waals surface area contributed by atoms with Gasteiger partial charge in [0.15, 0.2) is 0 Å². The third-order valence-corrected chi connectivity index (χ3v) is 8.99. The van der Waals surface area contributed by atoms with E-state index in [1.807, 2.05) is 48.5 Å². The molecule has 10 nitrogen and oxygen atoms in total. The number of fused-ring (bicyclic) bond motifs is 4. The number of amides is 4. The van der Waals surface area contributed by atoms with E-state index in [-0.39, 0.29) is 23.1 Å². The number of aromatic amines is 1. The lowest BCUT2D eigenvalue weighted by atomic mass is 9.89. The molecule has 0 bridgehead atoms. The Bertz CT molecular complexity index is 1770. The van der Waals surface area contributed by atoms with Gasteiger partial charge in [0.1, 0.15) is 17.8 Å². The number of aliphatic carboxylic acids is 1. The van der Waals surface area contributed by atoms with Crippen LogP contribution in [-0.2, 0) is 16.0 Å². The van der Waals surface area contributed by atoms with Gasteiger partial charge in [0, 0.05) is 36.1 Å². The molecule has 1 aromatic heterocycles. The number of benzene rings is 3. The number of para-hydroxylation sites is 2. The summed E-state index contributed by atoms with van der Waals surface area (Å²) in [6.07, 6.45) is 1.05. The van der Waals surface area contributed by atoms with Crippen molar-refractivity contribution in [2.24, 2.45) is 5.92 Å². The Labute approximate surface area is 247 Å². The average Bonchev–Trinajstić information content (AvgIpc) is 3.53. The van der Waals surface area contributed by atoms with E-state index in [1.165, 1.54) is 0 Å². The number of nitrogens with zero attached hydrogens (tertiary/aromatic N) is 3. The number of rotatable bonds is 5. The molecule has 0 spiro atoms. The van der Waals surface area contributed by atoms with Gasteiger partial charge in [-0.1, -0.05) is 42.5 Å². The molecule has 4 heterocycles. The number of nitrogens with one attached hydrogen (secondary N) is 1. The second-order valence-corrected chi connectivity index (χ2v) is 11.2. The van der Waals surface area contributed by atoms with Crippen LogP contribution in [-0.4, -0.2) is 69.9 Å². The quantitative estimate of drug-likeness (QED) is 0.334. The molecule has 2 atom stereocenters. The molecule has 4 amide bonds. The first kappa shape index (κ1) is 26.8. The molecule has 3 aliphatic heterocycles. The molecule has 218 valence electrons. The maximum absolute atomic E-state index is 14.4. The summed E-state index contributed by atoms with van der Waals surface area (Å²) in [4.78, 5) is 61.6. The Balaban J connectivity index is 1.28. The normalized spacial score (nSPS) is 20.3. The highest BCUT2D eigenvalue weighted by Crippen LogP contribution is 2.45. The molecular formula is C33H30N4O6. The molecule has 4 aromatic rings. The van der Waals surface area contributed by atoms with Crippen LogP contribution < -0.4 is 9.64 Å². The number of carbonyl (C=O) groups is 4. The SMILES string of the molecule is COc1ccc(C2c3[nH]c4ccccc4c3C[C@H]3C(=O)N(c4ccccc4C(=O)N4CCC(C(=O)O)CC4)C(=O)N23)cc1. The number of likely N-dealkylation sites (tertiary alicyclic amines) is 1. The van der Waals surface area contributed by atoms with E-state index < -0.39 is 30.0 Å². The van der Waals surface area contributed by atoms with E-state index in [4.69, 9.17) is 4.74 Å². The van der Waals surface area contributed by atoms with Crippen molar-refractivity contribution in [2.45, 2.75) is 31.3 Å². The fraction of sp³-hybridized carbons (Fsp3) is 0.273. The zero-order valence-electron chi connectivity index (χ0n) is 23.5. The number of aromatic nitrogens is 1. The molecule has 10 heteroatoms. The van der Waals surface area contributed by atoms with Crippen LogP contribution in [0.25, 0.3) is 10.9 Å². The maximum Gasteiger partial charge on any atom is 0.332 e. The molecule has 43 heavy (non-hydrogen) atoms. The number of piperidine rings is 1. The van der Waals surface area contributed by atoms with Gasteiger partial charge in [-0.25, -0.2) is 9.69 Å². The second-order valence-electron chi connectivity index (χ2n) is 11.2. The number of ether oxygens (including phenoxy) is 1. The van der Waals surface area contributed by atoms with Gasteiger partial charge in [0.05, 0.1) is 24.3 Å². The third-order valence-electron chi connectivity index (χ3n) is 8.99. The molecule has 0 aliphatic carbocycles. The summed E-state index contributed by atoms with van der Waals surface area (Å²) >= 11 is 0. The zero-order chi connectivity index (χ0) is 29.8. The van der Waals surface area contributed by atoms with Crippen LogP contribution >= 0.6 is 0 Å². The molecule has 1 unspecified atom stereocenters. The van der Waals surface area contributed by atoms with Gasteiger partial charge in [-0.2, -0.15) is 0 Å². The van der Waals surface area contributed by atoms with E-state index in [0.717, 1.165) is 32.6 Å². The van der Waals surface area contributed by atoms with Crippen LogP contribution in [0.4, 0.5) is 10.5 Å². The Kier molecular flexibility index (Phi) is 6.41. The first-order valence-electron chi connectivity index (χ1n) is 14.4. The minimum absolute atomic E-state index is 0.235. The lowest BCUT2D eigenvalue weighted by Crippen LogP contribution is -2.44. The average molecular weight is 579 g/mol. The summed E-state index contributed by atoms with van der Waals surface area (Å²) in [5.74, 6) is -1.38. The van der Waals surface area contributed by atoms with Crippen LogP contribution in [0.1, 0.15) is 46.1 Å². The molecule has 2 saturated heterocycles. The van der Waals surface area contributed by atoms with Crippen molar-refractivity contribution in [3.63, 3.8) is 0 Å². The van der Waals surface area contributed by atoms with Gasteiger partial charge in [-0.15, -0.1) is 0 Å². The van der Waals surface area contributed by atoms with Crippen LogP contribution in [0.3, 0.4) is 0 Å². The third kappa shape index (κ3) is 4.24. The number of carbonyl (C=O) groups excluding carboxylic acids is 3. The maximum atomic E-state index is 14.4. The fourth-order valence-electron chi connectivity index (χ4n) is 6.78. The van der Waals surface area contributed by atoms with E-state index in [2.05, 4.69) is 4.98 Å². The topological polar surface area (TPSA) is 123 Å². The summed E-state index contributed by atoms with van der Waals surface area (Å²) in [6.45, 7) is 0.587. The number of carboxylic acid groups (broad SMARTS) is 1. The standard InChI is InChI=1S/C33H30N4O6/c1-43-21-12-10-19(11-13-21)29-28-24(22-6-2-4-8-25(22)34-28)18-27-31(39)37(33(42)36(27)29)26-9-5-3-7-23(26)30(38)35-16-14-20(15-17-35)32(40)41/h2-13,20,27,29,34H,14-18H2,1H3,(H,40,41)/t27-,29?/m0/s1. The van der Waals surface area contributed by atoms with Crippen molar-refractivity contribution in [3.8, 4) is 5.75 Å². The molecule has 0 saturated carbocycles. The van der Waals surface area contributed by atoms with Gasteiger partial charge in [-0.3, -0.25) is 19.3 Å². The number of H-pyrrole nitrogens is 1. The minimum atomic E-state index is -0.860. The molecule has 2 N–H and O–H groups in total. The number of methoxy groups -OCH3 is 1. The van der Waals surface area contributed by atoms with E-state index in [0.29, 0.717) is 38.1 Å². The second kappa shape index (κ2) is 10.3. The summed E-state index contributed by atoms with van der Waals surface area (Å²) in [5.41, 5.74) is 4.09. The minimum Gasteiger partial charge on any atom is -0.497 e. The van der Waals surface area contributed by atoms with Crippen LogP contribution in [0.15, 0.2) is 72.8 Å². The Morgan fingerprint density at radius 1 is 0.930 bits per heavy atom. The van der Waals surface area contributed by atoms with Gasteiger partial charge in [0.25, 0.3) is 11.8 Å². The van der Waals surface area contributed by atoms with Crippen molar-refractivity contribution < 1.29 is 29.0 Å². The van der Waals surface area contributed by atoms with Crippen molar-refractivity contribution in [1.29, 1.82) is 0 Å². The van der Waals surface area contributed by atoms with Gasteiger partial charge >= 0.3 is 12.0 Å². The largest absolute Gasteiger partial charge is 0.497 e. The number of hydrogen-bond donors (Lipinski definition) is 2. The highest BCUT2D eigenvalue weighted by Gasteiger charge is 2.53. The van der Waals surface area contributed by atoms with Crippen molar-refractivity contribution in [2.75, 3.05) is 25.1 Å². The van der Waals surface area contributed by atoms with Crippen molar-refractivity contribution in [3.05, 3.63) is 95.2 Å². The molecule has 0 radical (unpaired) electrons. The Morgan fingerprint density at radius 3 is 2.35 bits per heavy atom. The predicted molar refractivity (Wildman–Crippen MR) is 158 cm³/mol. The zero-order valence-corrected chi connectivity index (χ0v) is 23.5. The van der Waals surface area contributed by atoms with Crippen molar-refractivity contribution >= 4 is 40.4 Å². The summed E-state index contributed by atoms with van der Waals surface area (Å²) in [6, 6.07) is 20.2. The number of hydrogen-bond acceptors (Lipinski definition) is 5. The summed E-state index contributed by atoms with van der Waals surface area (Å²) in [7, 11) is 1.59. The molecule has 3 aromatic carbocycles. The molecular weight excluding hydrogens is 548 g/mol. The van der Waals surface area contributed by atoms with Crippen LogP contribution in [0.5, 0.6) is 5.75 Å². The molecule has 2 fully saturated rings. The fourth-order valence-corrected chi connectivity index (χ4v) is 6.78. The van der Waals surface area contributed by atoms with Gasteiger partial charge < -0.3 is 19.7 Å². The van der Waals surface area contributed by atoms with E-state index in [9.17, 15) is 24.3 Å². The smallest absolute Gasteiger partial charge is 0.332 e. The number of urea groups is 1. The Hall–Kier alpha value is -5.12. The highest BCUT2D eigenvalue weighted by atomic mass is 16.5. The Morgan fingerprint density at radius 2 is 1.63 bits per heavy atom. The first-order valence-corrected chi connectivity index (χ1v) is 14.4. The number of imide groups is 1. The van der Waals surface area contributed by atoms with E-state index in [1.54, 1.807) is 41.2 Å². The monoisotopic (exact) mass is 578 g/mol. The number of anilines is 1. The first-order chi connectivity index (χ1) is 20.9. The van der Waals surface area contributed by atoms with Crippen LogP contribution in [0, 0.1) is 5.92 Å². The van der Waals surface area contributed by atoms with Crippen molar-refractivity contribution in [1.82, 2.24) is 14.8 Å². The number of carboxylic acids is 1. The lowest BCUT2D eigenvalue weighted by Gasteiger charge is -2.36.